The molecule has 8 heteroatoms. The first-order valence-electron chi connectivity index (χ1n) is 9.63. The number of carbonyl (C=O) groups excluding carboxylic acids is 1. The van der Waals surface area contributed by atoms with Crippen molar-refractivity contribution < 1.29 is 4.79 Å². The second-order valence-corrected chi connectivity index (χ2v) is 6.82. The molecule has 0 bridgehead atoms. The Morgan fingerprint density at radius 2 is 2.17 bits per heavy atom. The van der Waals surface area contributed by atoms with E-state index in [-0.39, 0.29) is 11.5 Å². The molecular formula is C21H27N7O. The SMILES string of the molecule is C=N/C(N)=C(\N=C/C)C(=O)NCc1cc2cccc(C)c2nc1N1CCNCC1. The summed E-state index contributed by atoms with van der Waals surface area (Å²) in [6.07, 6.45) is 1.50. The molecule has 0 aliphatic carbocycles. The Balaban J connectivity index is 1.94. The average molecular weight is 393 g/mol. The zero-order valence-corrected chi connectivity index (χ0v) is 16.9. The van der Waals surface area contributed by atoms with Crippen LogP contribution in [0, 0.1) is 6.92 Å². The summed E-state index contributed by atoms with van der Waals surface area (Å²) in [4.78, 5) is 27.5. The van der Waals surface area contributed by atoms with Gasteiger partial charge in [-0.1, -0.05) is 18.2 Å². The number of carbonyl (C=O) groups is 1. The lowest BCUT2D eigenvalue weighted by Crippen LogP contribution is -2.44. The molecule has 0 saturated carbocycles. The normalized spacial score (nSPS) is 15.4. The van der Waals surface area contributed by atoms with Gasteiger partial charge in [0.25, 0.3) is 5.91 Å². The minimum absolute atomic E-state index is 0.00445. The van der Waals surface area contributed by atoms with Crippen molar-refractivity contribution in [1.82, 2.24) is 15.6 Å². The van der Waals surface area contributed by atoms with Crippen molar-refractivity contribution in [2.75, 3.05) is 31.1 Å². The number of hydrogen-bond donors (Lipinski definition) is 3. The van der Waals surface area contributed by atoms with Crippen molar-refractivity contribution in [2.24, 2.45) is 15.7 Å². The Bertz CT molecular complexity index is 974. The first-order chi connectivity index (χ1) is 14.0. The highest BCUT2D eigenvalue weighted by molar-refractivity contribution is 5.95. The molecule has 1 saturated heterocycles. The van der Waals surface area contributed by atoms with Crippen LogP contribution in [0.15, 0.2) is 45.8 Å². The smallest absolute Gasteiger partial charge is 0.273 e. The highest BCUT2D eigenvalue weighted by Gasteiger charge is 2.19. The van der Waals surface area contributed by atoms with Gasteiger partial charge in [-0.25, -0.2) is 9.98 Å². The van der Waals surface area contributed by atoms with E-state index in [1.165, 1.54) is 6.21 Å². The van der Waals surface area contributed by atoms with Crippen molar-refractivity contribution in [2.45, 2.75) is 20.4 Å². The number of nitrogens with zero attached hydrogens (tertiary/aromatic N) is 4. The Kier molecular flexibility index (Phi) is 6.56. The largest absolute Gasteiger partial charge is 0.382 e. The maximum Gasteiger partial charge on any atom is 0.273 e. The van der Waals surface area contributed by atoms with Crippen LogP contribution in [-0.2, 0) is 11.3 Å². The molecule has 0 unspecified atom stereocenters. The van der Waals surface area contributed by atoms with Gasteiger partial charge in [0.1, 0.15) is 5.82 Å². The molecule has 4 N–H and O–H groups in total. The van der Waals surface area contributed by atoms with E-state index in [2.05, 4.69) is 51.3 Å². The van der Waals surface area contributed by atoms with Gasteiger partial charge in [0.15, 0.2) is 11.5 Å². The van der Waals surface area contributed by atoms with E-state index in [9.17, 15) is 4.79 Å². The second kappa shape index (κ2) is 9.29. The molecule has 0 spiro atoms. The summed E-state index contributed by atoms with van der Waals surface area (Å²) >= 11 is 0. The molecule has 8 nitrogen and oxygen atoms in total. The first kappa shape index (κ1) is 20.5. The number of hydrogen-bond acceptors (Lipinski definition) is 7. The summed E-state index contributed by atoms with van der Waals surface area (Å²) in [6.45, 7) is 11.0. The Morgan fingerprint density at radius 3 is 2.86 bits per heavy atom. The van der Waals surface area contributed by atoms with E-state index in [1.807, 2.05) is 12.1 Å². The van der Waals surface area contributed by atoms with Crippen LogP contribution in [0.4, 0.5) is 5.82 Å². The molecule has 2 heterocycles. The van der Waals surface area contributed by atoms with Crippen LogP contribution in [0.3, 0.4) is 0 Å². The number of rotatable bonds is 6. The van der Waals surface area contributed by atoms with Crippen LogP contribution in [0.2, 0.25) is 0 Å². The van der Waals surface area contributed by atoms with E-state index in [0.29, 0.717) is 6.54 Å². The monoisotopic (exact) mass is 393 g/mol. The molecule has 1 aromatic heterocycles. The lowest BCUT2D eigenvalue weighted by atomic mass is 10.1. The summed E-state index contributed by atoms with van der Waals surface area (Å²) in [7, 11) is 0. The lowest BCUT2D eigenvalue weighted by Gasteiger charge is -2.30. The minimum Gasteiger partial charge on any atom is -0.382 e. The van der Waals surface area contributed by atoms with Gasteiger partial charge in [0, 0.05) is 49.9 Å². The van der Waals surface area contributed by atoms with Crippen LogP contribution in [0.1, 0.15) is 18.1 Å². The number of pyridine rings is 1. The zero-order chi connectivity index (χ0) is 20.8. The summed E-state index contributed by atoms with van der Waals surface area (Å²) in [5, 5.41) is 7.30. The standard InChI is InChI=1S/C21H27N7O/c1-4-25-18(19(22)23-3)21(29)26-13-16-12-15-7-5-6-14(2)17(15)27-20(16)28-10-8-24-9-11-28/h4-7,12,24H,3,8-11,13,22H2,1-2H3,(H,26,29)/b19-18-,25-4-. The first-order valence-corrected chi connectivity index (χ1v) is 9.63. The van der Waals surface area contributed by atoms with Gasteiger partial charge in [-0.05, 0) is 32.2 Å². The molecule has 1 aromatic carbocycles. The number of benzene rings is 1. The Morgan fingerprint density at radius 1 is 1.41 bits per heavy atom. The highest BCUT2D eigenvalue weighted by Crippen LogP contribution is 2.26. The molecule has 1 amide bonds. The topological polar surface area (TPSA) is 108 Å². The summed E-state index contributed by atoms with van der Waals surface area (Å²) < 4.78 is 0. The zero-order valence-electron chi connectivity index (χ0n) is 16.9. The van der Waals surface area contributed by atoms with Gasteiger partial charge in [0.05, 0.1) is 5.52 Å². The van der Waals surface area contributed by atoms with Gasteiger partial charge < -0.3 is 21.3 Å². The van der Waals surface area contributed by atoms with E-state index in [1.54, 1.807) is 6.92 Å². The molecule has 29 heavy (non-hydrogen) atoms. The summed E-state index contributed by atoms with van der Waals surface area (Å²) in [5.74, 6) is 0.492. The van der Waals surface area contributed by atoms with E-state index in [4.69, 9.17) is 10.7 Å². The molecule has 1 fully saturated rings. The van der Waals surface area contributed by atoms with Crippen LogP contribution in [-0.4, -0.2) is 50.0 Å². The number of nitrogens with two attached hydrogens (primary N) is 1. The molecule has 1 aliphatic heterocycles. The molecule has 3 rings (SSSR count). The number of nitrogens with one attached hydrogen (secondary N) is 2. The molecule has 2 aromatic rings. The number of aromatic nitrogens is 1. The Hall–Kier alpha value is -3.26. The minimum atomic E-state index is -0.399. The molecule has 0 atom stereocenters. The van der Waals surface area contributed by atoms with Crippen molar-refractivity contribution in [3.05, 3.63) is 46.9 Å². The van der Waals surface area contributed by atoms with E-state index < -0.39 is 5.91 Å². The van der Waals surface area contributed by atoms with Crippen molar-refractivity contribution >= 4 is 35.6 Å². The predicted octanol–water partition coefficient (Wildman–Crippen LogP) is 1.49. The second-order valence-electron chi connectivity index (χ2n) is 6.82. The van der Waals surface area contributed by atoms with E-state index in [0.717, 1.165) is 54.0 Å². The van der Waals surface area contributed by atoms with Gasteiger partial charge in [0.2, 0.25) is 0 Å². The van der Waals surface area contributed by atoms with Crippen molar-refractivity contribution in [3.63, 3.8) is 0 Å². The fourth-order valence-electron chi connectivity index (χ4n) is 3.37. The van der Waals surface area contributed by atoms with Crippen molar-refractivity contribution in [3.8, 4) is 0 Å². The van der Waals surface area contributed by atoms with Gasteiger partial charge in [-0.2, -0.15) is 0 Å². The maximum atomic E-state index is 12.6. The third-order valence-electron chi connectivity index (χ3n) is 4.85. The summed E-state index contributed by atoms with van der Waals surface area (Å²) in [6, 6.07) is 8.20. The number of aryl methyl sites for hydroxylation is 1. The number of fused-ring (bicyclic) bond motifs is 1. The fourth-order valence-corrected chi connectivity index (χ4v) is 3.37. The number of aliphatic imine (C=N–C) groups is 2. The molecule has 152 valence electrons. The van der Waals surface area contributed by atoms with Crippen LogP contribution < -0.4 is 21.3 Å². The van der Waals surface area contributed by atoms with Gasteiger partial charge in [-0.3, -0.25) is 9.79 Å². The number of piperazine rings is 1. The molecule has 0 radical (unpaired) electrons. The fraction of sp³-hybridized carbons (Fsp3) is 0.333. The third kappa shape index (κ3) is 4.60. The Labute approximate surface area is 170 Å². The lowest BCUT2D eigenvalue weighted by molar-refractivity contribution is -0.117. The highest BCUT2D eigenvalue weighted by atomic mass is 16.2. The number of para-hydroxylation sites is 1. The summed E-state index contributed by atoms with van der Waals surface area (Å²) in [5.41, 5.74) is 8.86. The van der Waals surface area contributed by atoms with Crippen LogP contribution in [0.25, 0.3) is 10.9 Å². The molecular weight excluding hydrogens is 366 g/mol. The third-order valence-corrected chi connectivity index (χ3v) is 4.85. The maximum absolute atomic E-state index is 12.6. The van der Waals surface area contributed by atoms with E-state index >= 15 is 0 Å². The van der Waals surface area contributed by atoms with Crippen LogP contribution >= 0.6 is 0 Å². The van der Waals surface area contributed by atoms with Gasteiger partial charge >= 0.3 is 0 Å². The van der Waals surface area contributed by atoms with Crippen molar-refractivity contribution in [1.29, 1.82) is 0 Å². The predicted molar refractivity (Wildman–Crippen MR) is 118 cm³/mol. The average Bonchev–Trinajstić information content (AvgIpc) is 2.75. The van der Waals surface area contributed by atoms with Crippen LogP contribution in [0.5, 0.6) is 0 Å². The number of amides is 1. The molecule has 1 aliphatic rings. The number of anilines is 1. The quantitative estimate of drug-likeness (QED) is 0.509. The van der Waals surface area contributed by atoms with Gasteiger partial charge in [-0.15, -0.1) is 0 Å².